The van der Waals surface area contributed by atoms with Gasteiger partial charge in [-0.05, 0) is 33.2 Å². The van der Waals surface area contributed by atoms with Gasteiger partial charge in [0.15, 0.2) is 0 Å². The van der Waals surface area contributed by atoms with Crippen molar-refractivity contribution in [3.63, 3.8) is 0 Å². The molecule has 0 saturated carbocycles. The molecule has 1 amide bonds. The van der Waals surface area contributed by atoms with E-state index in [4.69, 9.17) is 0 Å². The van der Waals surface area contributed by atoms with E-state index in [0.29, 0.717) is 0 Å². The zero-order chi connectivity index (χ0) is 12.3. The van der Waals surface area contributed by atoms with Gasteiger partial charge < -0.3 is 10.6 Å². The van der Waals surface area contributed by atoms with E-state index in [1.165, 1.54) is 0 Å². The lowest BCUT2D eigenvalue weighted by Crippen LogP contribution is -2.37. The Labute approximate surface area is 114 Å². The van der Waals surface area contributed by atoms with Crippen molar-refractivity contribution in [2.75, 3.05) is 18.4 Å². The Hall–Kier alpha value is -1.07. The Morgan fingerprint density at radius 1 is 1.61 bits per heavy atom. The quantitative estimate of drug-likeness (QED) is 0.883. The number of nitrogens with zero attached hydrogens (tertiary/aromatic N) is 2. The normalized spacial score (nSPS) is 19.4. The lowest BCUT2D eigenvalue weighted by molar-refractivity contribution is -0.120. The van der Waals surface area contributed by atoms with Crippen LogP contribution in [0.5, 0.6) is 0 Å². The van der Waals surface area contributed by atoms with Crippen LogP contribution in [0.25, 0.3) is 0 Å². The van der Waals surface area contributed by atoms with Crippen LogP contribution in [-0.2, 0) is 4.79 Å². The Bertz CT molecular complexity index is 385. The molecule has 1 unspecified atom stereocenters. The summed E-state index contributed by atoms with van der Waals surface area (Å²) in [5.74, 6) is 0.967. The maximum atomic E-state index is 12.0. The molecule has 0 radical (unpaired) electrons. The monoisotopic (exact) mass is 272 g/mol. The van der Waals surface area contributed by atoms with E-state index in [-0.39, 0.29) is 30.3 Å². The van der Waals surface area contributed by atoms with Crippen LogP contribution in [0, 0.1) is 5.92 Å². The molecule has 1 atom stereocenters. The number of amides is 1. The fraction of sp³-hybridized carbons (Fsp3) is 0.667. The molecule has 2 N–H and O–H groups in total. The number of carbonyl (C=O) groups excluding carboxylic acids is 1. The average molecular weight is 273 g/mol. The minimum Gasteiger partial charge on any atom is -0.316 e. The summed E-state index contributed by atoms with van der Waals surface area (Å²) < 4.78 is 1.83. The minimum atomic E-state index is 0. The number of rotatable bonds is 3. The van der Waals surface area contributed by atoms with E-state index in [1.54, 1.807) is 6.20 Å². The van der Waals surface area contributed by atoms with E-state index >= 15 is 0 Å². The van der Waals surface area contributed by atoms with Crippen molar-refractivity contribution in [2.45, 2.75) is 32.7 Å². The summed E-state index contributed by atoms with van der Waals surface area (Å²) in [4.78, 5) is 12.0. The predicted octanol–water partition coefficient (Wildman–Crippen LogP) is 1.82. The highest BCUT2D eigenvalue weighted by Gasteiger charge is 2.21. The standard InChI is InChI=1S/C12H20N4O.ClH/c1-9(2)16-11(5-7-14-16)15-12(17)10-4-3-6-13-8-10;/h5,7,9-10,13H,3-4,6,8H2,1-2H3,(H,15,17);1H. The van der Waals surface area contributed by atoms with Crippen LogP contribution in [-0.4, -0.2) is 28.8 Å². The Morgan fingerprint density at radius 3 is 3.00 bits per heavy atom. The van der Waals surface area contributed by atoms with Gasteiger partial charge in [0.2, 0.25) is 5.91 Å². The van der Waals surface area contributed by atoms with Crippen LogP contribution >= 0.6 is 12.4 Å². The molecule has 1 aromatic heterocycles. The molecule has 1 aliphatic heterocycles. The van der Waals surface area contributed by atoms with Gasteiger partial charge in [0.05, 0.1) is 12.1 Å². The summed E-state index contributed by atoms with van der Waals surface area (Å²) in [7, 11) is 0. The Balaban J connectivity index is 0.00000162. The number of halogens is 1. The summed E-state index contributed by atoms with van der Waals surface area (Å²) in [6.07, 6.45) is 3.75. The van der Waals surface area contributed by atoms with Gasteiger partial charge in [-0.25, -0.2) is 4.68 Å². The van der Waals surface area contributed by atoms with Crippen LogP contribution in [0.2, 0.25) is 0 Å². The molecule has 0 aromatic carbocycles. The lowest BCUT2D eigenvalue weighted by Gasteiger charge is -2.22. The lowest BCUT2D eigenvalue weighted by atomic mass is 9.99. The van der Waals surface area contributed by atoms with Crippen LogP contribution in [0.3, 0.4) is 0 Å². The molecule has 2 heterocycles. The first-order chi connectivity index (χ1) is 8.18. The van der Waals surface area contributed by atoms with Crippen molar-refractivity contribution < 1.29 is 4.79 Å². The van der Waals surface area contributed by atoms with E-state index in [1.807, 2.05) is 24.6 Å². The predicted molar refractivity (Wildman–Crippen MR) is 74.1 cm³/mol. The molecule has 1 fully saturated rings. The van der Waals surface area contributed by atoms with Gasteiger partial charge in [0.25, 0.3) is 0 Å². The Kier molecular flexibility index (Phi) is 5.62. The number of nitrogens with one attached hydrogen (secondary N) is 2. The summed E-state index contributed by atoms with van der Waals surface area (Å²) in [6.45, 7) is 5.89. The molecule has 102 valence electrons. The second kappa shape index (κ2) is 6.75. The highest BCUT2D eigenvalue weighted by atomic mass is 35.5. The van der Waals surface area contributed by atoms with Gasteiger partial charge in [0.1, 0.15) is 5.82 Å². The van der Waals surface area contributed by atoms with Gasteiger partial charge in [-0.2, -0.15) is 5.10 Å². The fourth-order valence-electron chi connectivity index (χ4n) is 2.13. The number of carbonyl (C=O) groups is 1. The molecule has 1 saturated heterocycles. The molecule has 1 aromatic rings. The van der Waals surface area contributed by atoms with E-state index < -0.39 is 0 Å². The molecule has 0 spiro atoms. The third kappa shape index (κ3) is 3.46. The van der Waals surface area contributed by atoms with Crippen LogP contribution in [0.1, 0.15) is 32.7 Å². The number of hydrogen-bond acceptors (Lipinski definition) is 3. The van der Waals surface area contributed by atoms with Gasteiger partial charge in [0, 0.05) is 18.7 Å². The van der Waals surface area contributed by atoms with Gasteiger partial charge in [-0.3, -0.25) is 4.79 Å². The first-order valence-electron chi connectivity index (χ1n) is 6.23. The largest absolute Gasteiger partial charge is 0.316 e. The SMILES string of the molecule is CC(C)n1nccc1NC(=O)C1CCCNC1.Cl. The zero-order valence-corrected chi connectivity index (χ0v) is 11.7. The van der Waals surface area contributed by atoms with Crippen molar-refractivity contribution >= 4 is 24.1 Å². The fourth-order valence-corrected chi connectivity index (χ4v) is 2.13. The first-order valence-corrected chi connectivity index (χ1v) is 6.23. The van der Waals surface area contributed by atoms with E-state index in [2.05, 4.69) is 15.7 Å². The summed E-state index contributed by atoms with van der Waals surface area (Å²) >= 11 is 0. The van der Waals surface area contributed by atoms with Gasteiger partial charge in [-0.1, -0.05) is 0 Å². The van der Waals surface area contributed by atoms with Crippen molar-refractivity contribution in [3.05, 3.63) is 12.3 Å². The molecule has 2 rings (SSSR count). The molecule has 6 heteroatoms. The van der Waals surface area contributed by atoms with Crippen molar-refractivity contribution in [1.82, 2.24) is 15.1 Å². The number of piperidine rings is 1. The van der Waals surface area contributed by atoms with Gasteiger partial charge in [-0.15, -0.1) is 12.4 Å². The third-order valence-electron chi connectivity index (χ3n) is 3.08. The number of hydrogen-bond donors (Lipinski definition) is 2. The number of aromatic nitrogens is 2. The van der Waals surface area contributed by atoms with Crippen molar-refractivity contribution in [2.24, 2.45) is 5.92 Å². The molecule has 18 heavy (non-hydrogen) atoms. The van der Waals surface area contributed by atoms with Crippen LogP contribution < -0.4 is 10.6 Å². The van der Waals surface area contributed by atoms with Crippen LogP contribution in [0.4, 0.5) is 5.82 Å². The molecular weight excluding hydrogens is 252 g/mol. The molecule has 0 bridgehead atoms. The van der Waals surface area contributed by atoms with Crippen LogP contribution in [0.15, 0.2) is 12.3 Å². The maximum absolute atomic E-state index is 12.0. The highest BCUT2D eigenvalue weighted by Crippen LogP contribution is 2.16. The summed E-state index contributed by atoms with van der Waals surface area (Å²) in [6, 6.07) is 2.10. The smallest absolute Gasteiger partial charge is 0.229 e. The summed E-state index contributed by atoms with van der Waals surface area (Å²) in [5.41, 5.74) is 0. The maximum Gasteiger partial charge on any atom is 0.229 e. The summed E-state index contributed by atoms with van der Waals surface area (Å²) in [5, 5.41) is 10.4. The average Bonchev–Trinajstić information content (AvgIpc) is 2.78. The number of anilines is 1. The van der Waals surface area contributed by atoms with Gasteiger partial charge >= 0.3 is 0 Å². The second-order valence-electron chi connectivity index (χ2n) is 4.79. The zero-order valence-electron chi connectivity index (χ0n) is 10.8. The minimum absolute atomic E-state index is 0. The second-order valence-corrected chi connectivity index (χ2v) is 4.79. The molecule has 1 aliphatic rings. The topological polar surface area (TPSA) is 59.0 Å². The first kappa shape index (κ1) is 15.0. The Morgan fingerprint density at radius 2 is 2.39 bits per heavy atom. The third-order valence-corrected chi connectivity index (χ3v) is 3.08. The van der Waals surface area contributed by atoms with E-state index in [9.17, 15) is 4.79 Å². The van der Waals surface area contributed by atoms with Crippen molar-refractivity contribution in [1.29, 1.82) is 0 Å². The van der Waals surface area contributed by atoms with Crippen molar-refractivity contribution in [3.8, 4) is 0 Å². The highest BCUT2D eigenvalue weighted by molar-refractivity contribution is 5.92. The molecular formula is C12H21ClN4O. The van der Waals surface area contributed by atoms with E-state index in [0.717, 1.165) is 31.7 Å². The molecule has 5 nitrogen and oxygen atoms in total. The molecule has 0 aliphatic carbocycles.